The second-order valence-corrected chi connectivity index (χ2v) is 4.03. The van der Waals surface area contributed by atoms with Gasteiger partial charge in [-0.2, -0.15) is 0 Å². The lowest BCUT2D eigenvalue weighted by atomic mass is 10.2. The van der Waals surface area contributed by atoms with Crippen molar-refractivity contribution in [3.8, 4) is 11.6 Å². The SMILES string of the molecule is Cc1ccoc1-c1nnc(C(C)C)n1C. The molecule has 0 N–H and O–H groups in total. The number of furan rings is 1. The summed E-state index contributed by atoms with van der Waals surface area (Å²) in [5.41, 5.74) is 1.08. The quantitative estimate of drug-likeness (QED) is 0.756. The van der Waals surface area contributed by atoms with E-state index in [1.165, 1.54) is 0 Å². The van der Waals surface area contributed by atoms with Crippen LogP contribution in [0.3, 0.4) is 0 Å². The van der Waals surface area contributed by atoms with Crippen LogP contribution in [0.5, 0.6) is 0 Å². The molecule has 0 aliphatic heterocycles. The van der Waals surface area contributed by atoms with E-state index in [9.17, 15) is 0 Å². The van der Waals surface area contributed by atoms with E-state index in [0.717, 1.165) is 23.0 Å². The number of rotatable bonds is 2. The minimum absolute atomic E-state index is 0.367. The van der Waals surface area contributed by atoms with Crippen LogP contribution in [-0.2, 0) is 7.05 Å². The lowest BCUT2D eigenvalue weighted by molar-refractivity contribution is 0.570. The average Bonchev–Trinajstić information content (AvgIpc) is 2.71. The van der Waals surface area contributed by atoms with E-state index in [2.05, 4.69) is 24.0 Å². The van der Waals surface area contributed by atoms with E-state index in [1.807, 2.05) is 24.6 Å². The van der Waals surface area contributed by atoms with Gasteiger partial charge in [0.1, 0.15) is 5.82 Å². The van der Waals surface area contributed by atoms with Crippen LogP contribution in [0.4, 0.5) is 0 Å². The Morgan fingerprint density at radius 1 is 1.33 bits per heavy atom. The lowest BCUT2D eigenvalue weighted by Gasteiger charge is -2.04. The Morgan fingerprint density at radius 2 is 2.07 bits per heavy atom. The van der Waals surface area contributed by atoms with Crippen LogP contribution in [0.1, 0.15) is 31.2 Å². The molecule has 0 amide bonds. The molecule has 80 valence electrons. The summed E-state index contributed by atoms with van der Waals surface area (Å²) in [6.45, 7) is 6.20. The van der Waals surface area contributed by atoms with Gasteiger partial charge < -0.3 is 8.98 Å². The molecule has 0 saturated heterocycles. The summed E-state index contributed by atoms with van der Waals surface area (Å²) < 4.78 is 7.38. The van der Waals surface area contributed by atoms with E-state index in [1.54, 1.807) is 6.26 Å². The molecule has 0 spiro atoms. The van der Waals surface area contributed by atoms with E-state index in [4.69, 9.17) is 4.42 Å². The van der Waals surface area contributed by atoms with Gasteiger partial charge in [-0.15, -0.1) is 10.2 Å². The Hall–Kier alpha value is -1.58. The van der Waals surface area contributed by atoms with Gasteiger partial charge in [0.15, 0.2) is 11.6 Å². The molecule has 0 aliphatic carbocycles. The van der Waals surface area contributed by atoms with Gasteiger partial charge in [0.05, 0.1) is 6.26 Å². The van der Waals surface area contributed by atoms with Crippen molar-refractivity contribution in [1.82, 2.24) is 14.8 Å². The molecule has 0 atom stereocenters. The number of aromatic nitrogens is 3. The first-order valence-electron chi connectivity index (χ1n) is 5.05. The Morgan fingerprint density at radius 3 is 2.53 bits per heavy atom. The molecule has 0 aliphatic rings. The molecule has 2 rings (SSSR count). The number of aryl methyl sites for hydroxylation is 1. The van der Waals surface area contributed by atoms with Crippen molar-refractivity contribution < 1.29 is 4.42 Å². The van der Waals surface area contributed by atoms with Gasteiger partial charge in [-0.05, 0) is 18.6 Å². The van der Waals surface area contributed by atoms with Crippen molar-refractivity contribution in [1.29, 1.82) is 0 Å². The summed E-state index contributed by atoms with van der Waals surface area (Å²) in [6.07, 6.45) is 1.67. The van der Waals surface area contributed by atoms with Gasteiger partial charge in [-0.1, -0.05) is 13.8 Å². The van der Waals surface area contributed by atoms with Crippen LogP contribution in [0.15, 0.2) is 16.7 Å². The van der Waals surface area contributed by atoms with Gasteiger partial charge in [0.25, 0.3) is 0 Å². The fraction of sp³-hybridized carbons (Fsp3) is 0.455. The van der Waals surface area contributed by atoms with Gasteiger partial charge in [-0.3, -0.25) is 0 Å². The standard InChI is InChI=1S/C11H15N3O/c1-7(2)10-12-13-11(14(10)4)9-8(3)5-6-15-9/h5-7H,1-4H3. The zero-order valence-electron chi connectivity index (χ0n) is 9.48. The maximum Gasteiger partial charge on any atom is 0.199 e. The maximum absolute atomic E-state index is 5.40. The molecular weight excluding hydrogens is 190 g/mol. The molecule has 0 unspecified atom stereocenters. The first kappa shape index (κ1) is 9.96. The van der Waals surface area contributed by atoms with Crippen molar-refractivity contribution in [3.63, 3.8) is 0 Å². The van der Waals surface area contributed by atoms with E-state index < -0.39 is 0 Å². The molecule has 2 aromatic heterocycles. The Bertz CT molecular complexity index is 468. The highest BCUT2D eigenvalue weighted by molar-refractivity contribution is 5.52. The highest BCUT2D eigenvalue weighted by Gasteiger charge is 2.16. The predicted octanol–water partition coefficient (Wildman–Crippen LogP) is 2.51. The van der Waals surface area contributed by atoms with Crippen molar-refractivity contribution in [2.75, 3.05) is 0 Å². The van der Waals surface area contributed by atoms with Crippen molar-refractivity contribution >= 4 is 0 Å². The second-order valence-electron chi connectivity index (χ2n) is 4.03. The minimum Gasteiger partial charge on any atom is -0.461 e. The zero-order chi connectivity index (χ0) is 11.0. The first-order chi connectivity index (χ1) is 7.11. The van der Waals surface area contributed by atoms with E-state index >= 15 is 0 Å². The summed E-state index contributed by atoms with van der Waals surface area (Å²) in [5.74, 6) is 2.94. The molecular formula is C11H15N3O. The largest absolute Gasteiger partial charge is 0.461 e. The number of nitrogens with zero attached hydrogens (tertiary/aromatic N) is 3. The monoisotopic (exact) mass is 205 g/mol. The summed E-state index contributed by atoms with van der Waals surface area (Å²) >= 11 is 0. The van der Waals surface area contributed by atoms with Gasteiger partial charge in [-0.25, -0.2) is 0 Å². The van der Waals surface area contributed by atoms with Crippen LogP contribution in [0.25, 0.3) is 11.6 Å². The summed E-state index contributed by atoms with van der Waals surface area (Å²) in [5, 5.41) is 8.32. The van der Waals surface area contributed by atoms with Crippen molar-refractivity contribution in [2.45, 2.75) is 26.7 Å². The van der Waals surface area contributed by atoms with Crippen LogP contribution in [-0.4, -0.2) is 14.8 Å². The second kappa shape index (κ2) is 3.53. The smallest absolute Gasteiger partial charge is 0.199 e. The van der Waals surface area contributed by atoms with Crippen molar-refractivity contribution in [3.05, 3.63) is 23.7 Å². The molecule has 4 heteroatoms. The van der Waals surface area contributed by atoms with Gasteiger partial charge >= 0.3 is 0 Å². The fourth-order valence-electron chi connectivity index (χ4n) is 1.64. The molecule has 4 nitrogen and oxygen atoms in total. The first-order valence-corrected chi connectivity index (χ1v) is 5.05. The van der Waals surface area contributed by atoms with Crippen LogP contribution >= 0.6 is 0 Å². The number of hydrogen-bond acceptors (Lipinski definition) is 3. The molecule has 2 heterocycles. The van der Waals surface area contributed by atoms with Crippen LogP contribution in [0.2, 0.25) is 0 Å². The van der Waals surface area contributed by atoms with Crippen LogP contribution in [0, 0.1) is 6.92 Å². The third-order valence-corrected chi connectivity index (χ3v) is 2.49. The number of hydrogen-bond donors (Lipinski definition) is 0. The van der Waals surface area contributed by atoms with Crippen molar-refractivity contribution in [2.24, 2.45) is 7.05 Å². The summed E-state index contributed by atoms with van der Waals surface area (Å²) in [6, 6.07) is 1.93. The Balaban J connectivity index is 2.51. The zero-order valence-corrected chi connectivity index (χ0v) is 9.48. The maximum atomic E-state index is 5.40. The highest BCUT2D eigenvalue weighted by atomic mass is 16.3. The highest BCUT2D eigenvalue weighted by Crippen LogP contribution is 2.24. The molecule has 2 aromatic rings. The summed E-state index contributed by atoms with van der Waals surface area (Å²) in [7, 11) is 1.96. The molecule has 0 saturated carbocycles. The Labute approximate surface area is 88.9 Å². The van der Waals surface area contributed by atoms with Gasteiger partial charge in [0, 0.05) is 13.0 Å². The topological polar surface area (TPSA) is 43.9 Å². The van der Waals surface area contributed by atoms with E-state index in [0.29, 0.717) is 5.92 Å². The fourth-order valence-corrected chi connectivity index (χ4v) is 1.64. The molecule has 0 fully saturated rings. The Kier molecular flexibility index (Phi) is 2.34. The molecule has 0 radical (unpaired) electrons. The average molecular weight is 205 g/mol. The minimum atomic E-state index is 0.367. The lowest BCUT2D eigenvalue weighted by Crippen LogP contribution is -2.01. The van der Waals surface area contributed by atoms with E-state index in [-0.39, 0.29) is 0 Å². The molecule has 0 bridgehead atoms. The predicted molar refractivity (Wildman–Crippen MR) is 57.5 cm³/mol. The van der Waals surface area contributed by atoms with Crippen LogP contribution < -0.4 is 0 Å². The molecule has 0 aromatic carbocycles. The summed E-state index contributed by atoms with van der Waals surface area (Å²) in [4.78, 5) is 0. The third-order valence-electron chi connectivity index (χ3n) is 2.49. The molecule has 15 heavy (non-hydrogen) atoms. The van der Waals surface area contributed by atoms with Gasteiger partial charge in [0.2, 0.25) is 0 Å². The normalized spacial score (nSPS) is 11.3. The third kappa shape index (κ3) is 1.56.